The van der Waals surface area contributed by atoms with Crippen LogP contribution in [-0.4, -0.2) is 29.2 Å². The average molecular weight is 240 g/mol. The summed E-state index contributed by atoms with van der Waals surface area (Å²) in [6.07, 6.45) is 6.96. The second-order valence-electron chi connectivity index (χ2n) is 5.81. The van der Waals surface area contributed by atoms with E-state index in [1.807, 2.05) is 0 Å². The summed E-state index contributed by atoms with van der Waals surface area (Å²) in [7, 11) is 0. The molecular weight excluding hydrogens is 216 g/mol. The quantitative estimate of drug-likeness (QED) is 0.821. The van der Waals surface area contributed by atoms with Crippen molar-refractivity contribution in [2.24, 2.45) is 5.92 Å². The van der Waals surface area contributed by atoms with Crippen molar-refractivity contribution in [1.29, 1.82) is 0 Å². The number of ketones is 1. The van der Waals surface area contributed by atoms with E-state index >= 15 is 0 Å². The highest BCUT2D eigenvalue weighted by Crippen LogP contribution is 2.33. The van der Waals surface area contributed by atoms with Gasteiger partial charge in [-0.15, -0.1) is 0 Å². The molecule has 0 bridgehead atoms. The van der Waals surface area contributed by atoms with E-state index in [9.17, 15) is 9.90 Å². The normalized spacial score (nSPS) is 38.2. The third kappa shape index (κ3) is 3.29. The molecule has 0 amide bonds. The maximum Gasteiger partial charge on any atom is 0.164 e. The zero-order valence-electron chi connectivity index (χ0n) is 10.8. The standard InChI is InChI=1S/C14H24O3/c1-11-6-8-14(16,9-7-11)13(15)5-4-12-3-2-10-17-12/h11-12,16H,2-10H2,1H3. The molecule has 1 aliphatic heterocycles. The topological polar surface area (TPSA) is 46.5 Å². The lowest BCUT2D eigenvalue weighted by molar-refractivity contribution is -0.142. The van der Waals surface area contributed by atoms with E-state index in [2.05, 4.69) is 6.92 Å². The van der Waals surface area contributed by atoms with Gasteiger partial charge in [-0.1, -0.05) is 6.92 Å². The van der Waals surface area contributed by atoms with Gasteiger partial charge < -0.3 is 9.84 Å². The van der Waals surface area contributed by atoms with E-state index < -0.39 is 5.60 Å². The maximum atomic E-state index is 12.1. The van der Waals surface area contributed by atoms with E-state index in [0.29, 0.717) is 25.2 Å². The van der Waals surface area contributed by atoms with Gasteiger partial charge in [0.05, 0.1) is 6.10 Å². The molecule has 1 N–H and O–H groups in total. The molecule has 0 aromatic rings. The minimum absolute atomic E-state index is 0.0416. The first-order valence-electron chi connectivity index (χ1n) is 6.97. The molecular formula is C14H24O3. The number of hydrogen-bond donors (Lipinski definition) is 1. The summed E-state index contributed by atoms with van der Waals surface area (Å²) in [4.78, 5) is 12.1. The van der Waals surface area contributed by atoms with Gasteiger partial charge in [0.25, 0.3) is 0 Å². The first-order chi connectivity index (χ1) is 8.10. The largest absolute Gasteiger partial charge is 0.382 e. The first kappa shape index (κ1) is 13.0. The van der Waals surface area contributed by atoms with Crippen molar-refractivity contribution in [2.45, 2.75) is 70.0 Å². The van der Waals surface area contributed by atoms with Gasteiger partial charge in [-0.25, -0.2) is 0 Å². The minimum atomic E-state index is -1.02. The summed E-state index contributed by atoms with van der Waals surface area (Å²) in [6, 6.07) is 0. The molecule has 1 saturated carbocycles. The second kappa shape index (κ2) is 5.49. The van der Waals surface area contributed by atoms with E-state index in [1.54, 1.807) is 0 Å². The van der Waals surface area contributed by atoms with Crippen molar-refractivity contribution < 1.29 is 14.6 Å². The van der Waals surface area contributed by atoms with Gasteiger partial charge in [-0.2, -0.15) is 0 Å². The molecule has 3 nitrogen and oxygen atoms in total. The maximum absolute atomic E-state index is 12.1. The van der Waals surface area contributed by atoms with Crippen molar-refractivity contribution in [1.82, 2.24) is 0 Å². The highest BCUT2D eigenvalue weighted by Gasteiger charge is 2.38. The summed E-state index contributed by atoms with van der Waals surface area (Å²) in [5, 5.41) is 10.3. The Kier molecular flexibility index (Phi) is 4.21. The van der Waals surface area contributed by atoms with Gasteiger partial charge in [-0.3, -0.25) is 4.79 Å². The van der Waals surface area contributed by atoms with Crippen LogP contribution in [0.5, 0.6) is 0 Å². The van der Waals surface area contributed by atoms with Crippen LogP contribution in [0, 0.1) is 5.92 Å². The molecule has 1 unspecified atom stereocenters. The SMILES string of the molecule is CC1CCC(O)(C(=O)CCC2CCCO2)CC1. The highest BCUT2D eigenvalue weighted by atomic mass is 16.5. The summed E-state index contributed by atoms with van der Waals surface area (Å²) < 4.78 is 5.51. The van der Waals surface area contributed by atoms with Gasteiger partial charge in [0, 0.05) is 13.0 Å². The summed E-state index contributed by atoms with van der Waals surface area (Å²) in [5.41, 5.74) is -1.02. The third-order valence-electron chi connectivity index (χ3n) is 4.34. The Labute approximate surface area is 104 Å². The number of carbonyl (C=O) groups excluding carboxylic acids is 1. The summed E-state index contributed by atoms with van der Waals surface area (Å²) in [5.74, 6) is 0.696. The van der Waals surface area contributed by atoms with Crippen LogP contribution in [0.25, 0.3) is 0 Å². The summed E-state index contributed by atoms with van der Waals surface area (Å²) >= 11 is 0. The van der Waals surface area contributed by atoms with Gasteiger partial charge in [0.2, 0.25) is 0 Å². The number of hydrogen-bond acceptors (Lipinski definition) is 3. The van der Waals surface area contributed by atoms with Crippen LogP contribution in [0.1, 0.15) is 58.3 Å². The molecule has 2 aliphatic rings. The lowest BCUT2D eigenvalue weighted by Crippen LogP contribution is -2.42. The van der Waals surface area contributed by atoms with E-state index in [0.717, 1.165) is 38.7 Å². The van der Waals surface area contributed by atoms with Crippen molar-refractivity contribution >= 4 is 5.78 Å². The molecule has 1 saturated heterocycles. The van der Waals surface area contributed by atoms with Crippen LogP contribution in [0.15, 0.2) is 0 Å². The molecule has 3 heteroatoms. The van der Waals surface area contributed by atoms with Crippen LogP contribution < -0.4 is 0 Å². The van der Waals surface area contributed by atoms with Crippen LogP contribution in [0.4, 0.5) is 0 Å². The van der Waals surface area contributed by atoms with Crippen molar-refractivity contribution in [3.63, 3.8) is 0 Å². The Bertz CT molecular complexity index is 261. The monoisotopic (exact) mass is 240 g/mol. The smallest absolute Gasteiger partial charge is 0.164 e. The fourth-order valence-electron chi connectivity index (χ4n) is 2.92. The summed E-state index contributed by atoms with van der Waals surface area (Å²) in [6.45, 7) is 3.02. The molecule has 0 radical (unpaired) electrons. The van der Waals surface area contributed by atoms with Gasteiger partial charge in [0.1, 0.15) is 5.60 Å². The Balaban J connectivity index is 1.78. The highest BCUT2D eigenvalue weighted by molar-refractivity contribution is 5.87. The van der Waals surface area contributed by atoms with Crippen LogP contribution >= 0.6 is 0 Å². The minimum Gasteiger partial charge on any atom is -0.382 e. The van der Waals surface area contributed by atoms with Gasteiger partial charge >= 0.3 is 0 Å². The number of ether oxygens (including phenoxy) is 1. The molecule has 0 aromatic carbocycles. The average Bonchev–Trinajstić information content (AvgIpc) is 2.83. The number of rotatable bonds is 4. The Morgan fingerprint density at radius 3 is 2.65 bits per heavy atom. The molecule has 2 rings (SSSR count). The zero-order chi connectivity index (χ0) is 12.3. The molecule has 1 heterocycles. The lowest BCUT2D eigenvalue weighted by Gasteiger charge is -2.33. The van der Waals surface area contributed by atoms with Gasteiger partial charge in [0.15, 0.2) is 5.78 Å². The zero-order valence-corrected chi connectivity index (χ0v) is 10.8. The van der Waals surface area contributed by atoms with Crippen molar-refractivity contribution in [3.05, 3.63) is 0 Å². The molecule has 0 spiro atoms. The lowest BCUT2D eigenvalue weighted by atomic mass is 9.76. The predicted molar refractivity (Wildman–Crippen MR) is 65.8 cm³/mol. The van der Waals surface area contributed by atoms with E-state index in [1.165, 1.54) is 0 Å². The number of Topliss-reactive ketones (excluding diaryl/α,β-unsaturated/α-hetero) is 1. The fourth-order valence-corrected chi connectivity index (χ4v) is 2.92. The first-order valence-corrected chi connectivity index (χ1v) is 6.97. The Morgan fingerprint density at radius 2 is 2.06 bits per heavy atom. The number of carbonyl (C=O) groups is 1. The predicted octanol–water partition coefficient (Wildman–Crippen LogP) is 2.46. The van der Waals surface area contributed by atoms with Crippen LogP contribution in [-0.2, 0) is 9.53 Å². The van der Waals surface area contributed by atoms with Crippen LogP contribution in [0.3, 0.4) is 0 Å². The fraction of sp³-hybridized carbons (Fsp3) is 0.929. The molecule has 1 atom stereocenters. The van der Waals surface area contributed by atoms with E-state index in [4.69, 9.17) is 4.74 Å². The van der Waals surface area contributed by atoms with Gasteiger partial charge in [-0.05, 0) is 50.9 Å². The number of aliphatic hydroxyl groups is 1. The molecule has 2 fully saturated rings. The van der Waals surface area contributed by atoms with Crippen LogP contribution in [0.2, 0.25) is 0 Å². The molecule has 98 valence electrons. The molecule has 1 aliphatic carbocycles. The van der Waals surface area contributed by atoms with Crippen molar-refractivity contribution in [2.75, 3.05) is 6.61 Å². The second-order valence-corrected chi connectivity index (χ2v) is 5.81. The Hall–Kier alpha value is -0.410. The Morgan fingerprint density at radius 1 is 1.35 bits per heavy atom. The van der Waals surface area contributed by atoms with Crippen molar-refractivity contribution in [3.8, 4) is 0 Å². The van der Waals surface area contributed by atoms with E-state index in [-0.39, 0.29) is 11.9 Å². The molecule has 17 heavy (non-hydrogen) atoms. The molecule has 0 aromatic heterocycles. The third-order valence-corrected chi connectivity index (χ3v) is 4.34.